The van der Waals surface area contributed by atoms with Crippen molar-refractivity contribution in [2.24, 2.45) is 0 Å². The molecule has 0 bridgehead atoms. The molecule has 3 aromatic rings. The summed E-state index contributed by atoms with van der Waals surface area (Å²) < 4.78 is 1.08. The normalized spacial score (nSPS) is 10.8. The van der Waals surface area contributed by atoms with E-state index in [2.05, 4.69) is 10.3 Å². The second-order valence-corrected chi connectivity index (χ2v) is 6.36. The molecule has 0 aliphatic carbocycles. The topological polar surface area (TPSA) is 62.0 Å². The number of nitrogens with one attached hydrogen (secondary N) is 2. The van der Waals surface area contributed by atoms with Crippen LogP contribution in [-0.4, -0.2) is 10.9 Å². The molecule has 3 rings (SSSR count). The van der Waals surface area contributed by atoms with E-state index in [4.69, 9.17) is 0 Å². The molecule has 0 spiro atoms. The van der Waals surface area contributed by atoms with Crippen LogP contribution in [-0.2, 0) is 6.54 Å². The minimum Gasteiger partial charge on any atom is -0.347 e. The molecule has 1 amide bonds. The monoisotopic (exact) mass is 312 g/mol. The lowest BCUT2D eigenvalue weighted by Gasteiger charge is -2.07. The number of carbonyl (C=O) groups is 1. The molecular formula is C17H16N2O2S. The first-order valence-electron chi connectivity index (χ1n) is 7.01. The van der Waals surface area contributed by atoms with Crippen molar-refractivity contribution in [1.82, 2.24) is 10.3 Å². The van der Waals surface area contributed by atoms with Crippen LogP contribution in [0.2, 0.25) is 0 Å². The highest BCUT2D eigenvalue weighted by atomic mass is 32.1. The predicted molar refractivity (Wildman–Crippen MR) is 89.5 cm³/mol. The van der Waals surface area contributed by atoms with Crippen LogP contribution in [0.25, 0.3) is 10.1 Å². The molecule has 4 nitrogen and oxygen atoms in total. The third kappa shape index (κ3) is 2.80. The number of hydrogen-bond donors (Lipinski definition) is 2. The summed E-state index contributed by atoms with van der Waals surface area (Å²) in [6.07, 6.45) is 0. The molecule has 22 heavy (non-hydrogen) atoms. The molecule has 2 heterocycles. The zero-order chi connectivity index (χ0) is 15.7. The number of pyridine rings is 1. The lowest BCUT2D eigenvalue weighted by atomic mass is 10.1. The maximum absolute atomic E-state index is 12.3. The molecule has 0 aliphatic rings. The summed E-state index contributed by atoms with van der Waals surface area (Å²) in [5, 5.41) is 3.89. The van der Waals surface area contributed by atoms with Gasteiger partial charge in [-0.2, -0.15) is 0 Å². The Kier molecular flexibility index (Phi) is 3.81. The van der Waals surface area contributed by atoms with E-state index in [0.29, 0.717) is 10.4 Å². The molecule has 0 saturated heterocycles. The van der Waals surface area contributed by atoms with Gasteiger partial charge < -0.3 is 10.3 Å². The third-order valence-corrected chi connectivity index (χ3v) is 4.68. The first kappa shape index (κ1) is 14.5. The highest BCUT2D eigenvalue weighted by molar-refractivity contribution is 7.20. The molecule has 2 N–H and O–H groups in total. The summed E-state index contributed by atoms with van der Waals surface area (Å²) >= 11 is 1.45. The Balaban J connectivity index is 1.79. The molecule has 0 radical (unpaired) electrons. The number of amides is 1. The molecule has 0 fully saturated rings. The Labute approximate surface area is 131 Å². The van der Waals surface area contributed by atoms with Crippen LogP contribution >= 0.6 is 11.3 Å². The van der Waals surface area contributed by atoms with Gasteiger partial charge in [0, 0.05) is 22.5 Å². The number of fused-ring (bicyclic) bond motifs is 1. The number of aromatic nitrogens is 1. The van der Waals surface area contributed by atoms with Crippen molar-refractivity contribution in [3.63, 3.8) is 0 Å². The highest BCUT2D eigenvalue weighted by Crippen LogP contribution is 2.25. The first-order chi connectivity index (χ1) is 10.5. The molecule has 2 aromatic heterocycles. The SMILES string of the molecule is Cc1cc(C)c(CNC(=O)c2cc3ccccc3s2)c(=O)[nH]1. The van der Waals surface area contributed by atoms with Crippen molar-refractivity contribution in [1.29, 1.82) is 0 Å². The van der Waals surface area contributed by atoms with Crippen LogP contribution in [0.3, 0.4) is 0 Å². The van der Waals surface area contributed by atoms with Crippen molar-refractivity contribution in [3.05, 3.63) is 68.4 Å². The van der Waals surface area contributed by atoms with E-state index in [9.17, 15) is 9.59 Å². The van der Waals surface area contributed by atoms with Crippen LogP contribution in [0, 0.1) is 13.8 Å². The smallest absolute Gasteiger partial charge is 0.261 e. The number of carbonyl (C=O) groups excluding carboxylic acids is 1. The molecule has 0 atom stereocenters. The minimum atomic E-state index is -0.152. The van der Waals surface area contributed by atoms with Crippen LogP contribution in [0.5, 0.6) is 0 Å². The van der Waals surface area contributed by atoms with E-state index in [1.54, 1.807) is 0 Å². The Hall–Kier alpha value is -2.40. The van der Waals surface area contributed by atoms with Crippen molar-refractivity contribution < 1.29 is 4.79 Å². The van der Waals surface area contributed by atoms with Crippen molar-refractivity contribution in [2.45, 2.75) is 20.4 Å². The standard InChI is InChI=1S/C17H16N2O2S/c1-10-7-11(2)19-16(20)13(10)9-18-17(21)15-8-12-5-3-4-6-14(12)22-15/h3-8H,9H2,1-2H3,(H,18,21)(H,19,20). The van der Waals surface area contributed by atoms with Crippen LogP contribution in [0.4, 0.5) is 0 Å². The number of aryl methyl sites for hydroxylation is 2. The molecular weight excluding hydrogens is 296 g/mol. The molecule has 1 aromatic carbocycles. The summed E-state index contributed by atoms with van der Waals surface area (Å²) in [5.41, 5.74) is 2.16. The fourth-order valence-corrected chi connectivity index (χ4v) is 3.43. The van der Waals surface area contributed by atoms with Crippen molar-refractivity contribution >= 4 is 27.3 Å². The highest BCUT2D eigenvalue weighted by Gasteiger charge is 2.12. The Morgan fingerprint density at radius 2 is 2.00 bits per heavy atom. The van der Waals surface area contributed by atoms with Gasteiger partial charge in [0.25, 0.3) is 11.5 Å². The number of hydrogen-bond acceptors (Lipinski definition) is 3. The number of aromatic amines is 1. The molecule has 0 aliphatic heterocycles. The Morgan fingerprint density at radius 1 is 1.23 bits per heavy atom. The quantitative estimate of drug-likeness (QED) is 0.780. The average molecular weight is 312 g/mol. The van der Waals surface area contributed by atoms with Gasteiger partial charge in [-0.15, -0.1) is 11.3 Å². The van der Waals surface area contributed by atoms with E-state index in [-0.39, 0.29) is 18.0 Å². The van der Waals surface area contributed by atoms with Gasteiger partial charge in [-0.25, -0.2) is 0 Å². The van der Waals surface area contributed by atoms with E-state index in [0.717, 1.165) is 21.3 Å². The van der Waals surface area contributed by atoms with Crippen LogP contribution < -0.4 is 10.9 Å². The summed E-state index contributed by atoms with van der Waals surface area (Å²) in [7, 11) is 0. The van der Waals surface area contributed by atoms with Crippen molar-refractivity contribution in [3.8, 4) is 0 Å². The number of benzene rings is 1. The maximum atomic E-state index is 12.3. The van der Waals surface area contributed by atoms with E-state index in [1.165, 1.54) is 11.3 Å². The Bertz CT molecular complexity index is 875. The molecule has 0 unspecified atom stereocenters. The summed E-state index contributed by atoms with van der Waals surface area (Å²) in [5.74, 6) is -0.152. The Morgan fingerprint density at radius 3 is 2.73 bits per heavy atom. The maximum Gasteiger partial charge on any atom is 0.261 e. The fraction of sp³-hybridized carbons (Fsp3) is 0.176. The van der Waals surface area contributed by atoms with Gasteiger partial charge in [0.2, 0.25) is 0 Å². The van der Waals surface area contributed by atoms with Gasteiger partial charge in [0.05, 0.1) is 4.88 Å². The zero-order valence-corrected chi connectivity index (χ0v) is 13.2. The minimum absolute atomic E-state index is 0.144. The summed E-state index contributed by atoms with van der Waals surface area (Å²) in [6, 6.07) is 11.7. The van der Waals surface area contributed by atoms with E-state index >= 15 is 0 Å². The average Bonchev–Trinajstić information content (AvgIpc) is 2.89. The second kappa shape index (κ2) is 5.77. The third-order valence-electron chi connectivity index (χ3n) is 3.57. The first-order valence-corrected chi connectivity index (χ1v) is 7.82. The largest absolute Gasteiger partial charge is 0.347 e. The van der Waals surface area contributed by atoms with Gasteiger partial charge >= 0.3 is 0 Å². The summed E-state index contributed by atoms with van der Waals surface area (Å²) in [4.78, 5) is 27.6. The van der Waals surface area contributed by atoms with E-state index in [1.807, 2.05) is 50.2 Å². The second-order valence-electron chi connectivity index (χ2n) is 5.27. The fourth-order valence-electron chi connectivity index (χ4n) is 2.45. The van der Waals surface area contributed by atoms with Crippen LogP contribution in [0.1, 0.15) is 26.5 Å². The molecule has 0 saturated carbocycles. The van der Waals surface area contributed by atoms with E-state index < -0.39 is 0 Å². The number of H-pyrrole nitrogens is 1. The summed E-state index contributed by atoms with van der Waals surface area (Å²) in [6.45, 7) is 3.95. The van der Waals surface area contributed by atoms with Gasteiger partial charge in [0.15, 0.2) is 0 Å². The van der Waals surface area contributed by atoms with Gasteiger partial charge in [-0.05, 0) is 43.0 Å². The van der Waals surface area contributed by atoms with Crippen molar-refractivity contribution in [2.75, 3.05) is 0 Å². The van der Waals surface area contributed by atoms with Crippen LogP contribution in [0.15, 0.2) is 41.2 Å². The predicted octanol–water partition coefficient (Wildman–Crippen LogP) is 3.14. The van der Waals surface area contributed by atoms with Gasteiger partial charge in [-0.1, -0.05) is 18.2 Å². The zero-order valence-electron chi connectivity index (χ0n) is 12.4. The number of thiophene rings is 1. The molecule has 5 heteroatoms. The lowest BCUT2D eigenvalue weighted by molar-refractivity contribution is 0.0955. The lowest BCUT2D eigenvalue weighted by Crippen LogP contribution is -2.27. The number of rotatable bonds is 3. The van der Waals surface area contributed by atoms with Gasteiger partial charge in [0.1, 0.15) is 0 Å². The van der Waals surface area contributed by atoms with Gasteiger partial charge in [-0.3, -0.25) is 9.59 Å². The molecule has 112 valence electrons.